The lowest BCUT2D eigenvalue weighted by Crippen LogP contribution is -2.32. The minimum Gasteiger partial charge on any atom is -0.478 e. The standard InChI is InChI=1S/C25H24N2O6.C17H17NO3.CH4/c1-5-16-17-10-20-21-14(11-27(20)22(28)18(17)12-31-23(16)29)8-13-9-15(6-7-19(13)26-21)32-24(30)33-25(2,3)4;1-12-8-4-3-5-9-14-10-6-7-11-15(14)16(12)18-21-13(2)17(19)20;/h6-10,16H,5,11-12H2,1-4H3;3-8,10-11,13H,1,9H2,2H3,(H,19,20);1H4/b;5-3-,8-4-,18-16+;/t16-;;/m1../s1. The Labute approximate surface area is 319 Å². The zero-order chi connectivity index (χ0) is 38.7. The Kier molecular flexibility index (Phi) is 11.9. The van der Waals surface area contributed by atoms with Crippen molar-refractivity contribution in [2.24, 2.45) is 5.16 Å². The summed E-state index contributed by atoms with van der Waals surface area (Å²) < 4.78 is 17.4. The summed E-state index contributed by atoms with van der Waals surface area (Å²) in [4.78, 5) is 58.1. The van der Waals surface area contributed by atoms with Crippen molar-refractivity contribution in [2.75, 3.05) is 0 Å². The van der Waals surface area contributed by atoms with Crippen molar-refractivity contribution in [1.29, 1.82) is 0 Å². The number of rotatable bonds is 5. The molecule has 0 fully saturated rings. The Morgan fingerprint density at radius 2 is 1.85 bits per heavy atom. The Balaban J connectivity index is 0.000000229. The third-order valence-electron chi connectivity index (χ3n) is 9.00. The average molecular weight is 748 g/mol. The van der Waals surface area contributed by atoms with Crippen LogP contribution in [0.15, 0.2) is 101 Å². The molecule has 55 heavy (non-hydrogen) atoms. The van der Waals surface area contributed by atoms with E-state index in [1.54, 1.807) is 43.5 Å². The normalized spacial score (nSPS) is 17.8. The predicted molar refractivity (Wildman–Crippen MR) is 209 cm³/mol. The number of cyclic esters (lactones) is 1. The van der Waals surface area contributed by atoms with Crippen LogP contribution in [0, 0.1) is 0 Å². The number of pyridine rings is 2. The molecular formula is C43H45N3O9. The van der Waals surface area contributed by atoms with Crippen LogP contribution in [0.1, 0.15) is 82.2 Å². The van der Waals surface area contributed by atoms with Gasteiger partial charge in [-0.25, -0.2) is 14.6 Å². The molecule has 2 aromatic heterocycles. The fraction of sp³-hybridized carbons (Fsp3) is 0.302. The monoisotopic (exact) mass is 747 g/mol. The number of oxime groups is 1. The van der Waals surface area contributed by atoms with Crippen LogP contribution in [0.3, 0.4) is 0 Å². The SMILES string of the molecule is C.C=C1/C=C\C=C/Cc2ccccc2/C1=N/OC(C)C(=O)O.CC[C@H]1C(=O)OCc2c1cc1n(c2=O)Cc2cc3cc(OC(=O)OC(C)(C)C)ccc3nc2-1. The van der Waals surface area contributed by atoms with Crippen molar-refractivity contribution < 1.29 is 38.5 Å². The van der Waals surface area contributed by atoms with E-state index in [2.05, 4.69) is 11.7 Å². The Bertz CT molecular complexity index is 2330. The van der Waals surface area contributed by atoms with Crippen molar-refractivity contribution in [1.82, 2.24) is 9.55 Å². The number of hydrogen-bond acceptors (Lipinski definition) is 10. The molecule has 1 unspecified atom stereocenters. The summed E-state index contributed by atoms with van der Waals surface area (Å²) in [7, 11) is 0. The number of hydrogen-bond donors (Lipinski definition) is 1. The molecule has 0 radical (unpaired) electrons. The number of carbonyl (C=O) groups excluding carboxylic acids is 2. The fourth-order valence-corrected chi connectivity index (χ4v) is 6.33. The van der Waals surface area contributed by atoms with Crippen molar-refractivity contribution in [3.63, 3.8) is 0 Å². The zero-order valence-corrected chi connectivity index (χ0v) is 30.8. The second-order valence-electron chi connectivity index (χ2n) is 14.0. The van der Waals surface area contributed by atoms with Gasteiger partial charge in [-0.2, -0.15) is 0 Å². The van der Waals surface area contributed by atoms with E-state index >= 15 is 0 Å². The molecule has 4 aromatic rings. The summed E-state index contributed by atoms with van der Waals surface area (Å²) in [5, 5.41) is 13.7. The first-order chi connectivity index (χ1) is 25.7. The molecule has 0 amide bonds. The van der Waals surface area contributed by atoms with Crippen molar-refractivity contribution in [3.05, 3.63) is 129 Å². The highest BCUT2D eigenvalue weighted by atomic mass is 16.7. The van der Waals surface area contributed by atoms with Crippen molar-refractivity contribution in [2.45, 2.75) is 85.7 Å². The van der Waals surface area contributed by atoms with E-state index in [0.717, 1.165) is 39.8 Å². The van der Waals surface area contributed by atoms with Crippen molar-refractivity contribution >= 4 is 34.7 Å². The van der Waals surface area contributed by atoms with Gasteiger partial charge in [0, 0.05) is 16.5 Å². The van der Waals surface area contributed by atoms with Gasteiger partial charge in [0.15, 0.2) is 0 Å². The smallest absolute Gasteiger partial charge is 0.478 e. The van der Waals surface area contributed by atoms with Gasteiger partial charge in [-0.15, -0.1) is 0 Å². The number of aromatic nitrogens is 2. The van der Waals surface area contributed by atoms with Gasteiger partial charge >= 0.3 is 18.1 Å². The molecule has 1 aliphatic carbocycles. The van der Waals surface area contributed by atoms with Crippen LogP contribution in [-0.2, 0) is 43.5 Å². The molecule has 3 aliphatic rings. The number of carboxylic acids is 1. The van der Waals surface area contributed by atoms with Crippen LogP contribution in [-0.4, -0.2) is 50.2 Å². The molecular weight excluding hydrogens is 702 g/mol. The lowest BCUT2D eigenvalue weighted by atomic mass is 9.90. The summed E-state index contributed by atoms with van der Waals surface area (Å²) in [5.41, 5.74) is 6.70. The van der Waals surface area contributed by atoms with Gasteiger partial charge in [0.1, 0.15) is 23.7 Å². The molecule has 2 aromatic carbocycles. The highest BCUT2D eigenvalue weighted by Crippen LogP contribution is 2.37. The zero-order valence-electron chi connectivity index (χ0n) is 30.8. The minimum atomic E-state index is -1.06. The van der Waals surface area contributed by atoms with Crippen LogP contribution in [0.5, 0.6) is 5.75 Å². The van der Waals surface area contributed by atoms with Gasteiger partial charge in [0.25, 0.3) is 5.56 Å². The maximum absolute atomic E-state index is 13.2. The number of allylic oxidation sites excluding steroid dienone is 5. The van der Waals surface area contributed by atoms with E-state index in [9.17, 15) is 19.2 Å². The van der Waals surface area contributed by atoms with Crippen LogP contribution in [0.4, 0.5) is 4.79 Å². The molecule has 12 heteroatoms. The summed E-state index contributed by atoms with van der Waals surface area (Å²) >= 11 is 0. The first kappa shape index (κ1) is 39.9. The maximum Gasteiger partial charge on any atom is 0.514 e. The molecule has 2 atom stereocenters. The first-order valence-electron chi connectivity index (χ1n) is 17.6. The summed E-state index contributed by atoms with van der Waals surface area (Å²) in [6, 6.07) is 16.8. The van der Waals surface area contributed by atoms with Gasteiger partial charge in [-0.1, -0.05) is 74.7 Å². The van der Waals surface area contributed by atoms with Gasteiger partial charge in [-0.3, -0.25) is 9.59 Å². The van der Waals surface area contributed by atoms with E-state index in [1.165, 1.54) is 6.92 Å². The van der Waals surface area contributed by atoms with E-state index in [-0.39, 0.29) is 25.6 Å². The summed E-state index contributed by atoms with van der Waals surface area (Å²) in [5.74, 6) is -1.44. The van der Waals surface area contributed by atoms with Crippen molar-refractivity contribution in [3.8, 4) is 17.1 Å². The topological polar surface area (TPSA) is 156 Å². The molecule has 0 saturated heterocycles. The Morgan fingerprint density at radius 3 is 2.58 bits per heavy atom. The second kappa shape index (κ2) is 16.4. The quantitative estimate of drug-likeness (QED) is 0.106. The number of ether oxygens (including phenoxy) is 3. The predicted octanol–water partition coefficient (Wildman–Crippen LogP) is 8.03. The maximum atomic E-state index is 13.2. The van der Waals surface area contributed by atoms with Gasteiger partial charge in [0.2, 0.25) is 6.10 Å². The highest BCUT2D eigenvalue weighted by molar-refractivity contribution is 6.14. The fourth-order valence-electron chi connectivity index (χ4n) is 6.33. The summed E-state index contributed by atoms with van der Waals surface area (Å²) in [6.45, 7) is 13.0. The van der Waals surface area contributed by atoms with Gasteiger partial charge in [0.05, 0.1) is 34.9 Å². The minimum absolute atomic E-state index is 0. The Morgan fingerprint density at radius 1 is 1.09 bits per heavy atom. The van der Waals surface area contributed by atoms with E-state index in [4.69, 9.17) is 29.1 Å². The molecule has 286 valence electrons. The lowest BCUT2D eigenvalue weighted by molar-refractivity contribution is -0.149. The molecule has 12 nitrogen and oxygen atoms in total. The molecule has 4 heterocycles. The third-order valence-corrected chi connectivity index (χ3v) is 9.00. The number of nitrogens with zero attached hydrogens (tertiary/aromatic N) is 3. The number of carboxylic acid groups (broad SMARTS) is 1. The average Bonchev–Trinajstić information content (AvgIpc) is 3.50. The molecule has 7 rings (SSSR count). The number of fused-ring (bicyclic) bond motifs is 6. The molecule has 1 N–H and O–H groups in total. The summed E-state index contributed by atoms with van der Waals surface area (Å²) in [6.07, 6.45) is 7.25. The second-order valence-corrected chi connectivity index (χ2v) is 14.0. The Hall–Kier alpha value is -6.30. The number of benzene rings is 2. The van der Waals surface area contributed by atoms with Gasteiger partial charge in [-0.05, 0) is 87.6 Å². The molecule has 2 aliphatic heterocycles. The number of aliphatic carboxylic acids is 1. The van der Waals surface area contributed by atoms with Crippen LogP contribution < -0.4 is 10.3 Å². The number of carbonyl (C=O) groups is 3. The highest BCUT2D eigenvalue weighted by Gasteiger charge is 2.34. The van der Waals surface area contributed by atoms with E-state index in [0.29, 0.717) is 46.8 Å². The van der Waals surface area contributed by atoms with Crippen LogP contribution in [0.2, 0.25) is 0 Å². The van der Waals surface area contributed by atoms with E-state index < -0.39 is 29.7 Å². The largest absolute Gasteiger partial charge is 0.514 e. The van der Waals surface area contributed by atoms with E-state index in [1.807, 2.05) is 67.6 Å². The molecule has 0 spiro atoms. The third kappa shape index (κ3) is 8.75. The van der Waals surface area contributed by atoms with Gasteiger partial charge < -0.3 is 28.7 Å². The molecule has 0 saturated carbocycles. The number of esters is 1. The van der Waals surface area contributed by atoms with Crippen LogP contribution in [0.25, 0.3) is 22.3 Å². The van der Waals surface area contributed by atoms with Crippen LogP contribution >= 0.6 is 0 Å². The lowest BCUT2D eigenvalue weighted by Gasteiger charge is -2.24. The first-order valence-corrected chi connectivity index (χ1v) is 17.6. The molecule has 0 bridgehead atoms.